The van der Waals surface area contributed by atoms with Crippen LogP contribution in [0.5, 0.6) is 0 Å². The first-order valence-electron chi connectivity index (χ1n) is 6.23. The van der Waals surface area contributed by atoms with Crippen molar-refractivity contribution in [2.75, 3.05) is 7.05 Å². The fraction of sp³-hybridized carbons (Fsp3) is 0.250. The van der Waals surface area contributed by atoms with Gasteiger partial charge in [0, 0.05) is 17.7 Å². The highest BCUT2D eigenvalue weighted by atomic mass is 19.1. The third kappa shape index (κ3) is 2.82. The van der Waals surface area contributed by atoms with E-state index in [9.17, 15) is 8.78 Å². The van der Waals surface area contributed by atoms with Crippen LogP contribution in [0.15, 0.2) is 30.3 Å². The highest BCUT2D eigenvalue weighted by Crippen LogP contribution is 2.29. The molecule has 0 heterocycles. The largest absolute Gasteiger partial charge is 0.316 e. The maximum atomic E-state index is 14.1. The third-order valence-corrected chi connectivity index (χ3v) is 3.13. The Labute approximate surface area is 112 Å². The van der Waals surface area contributed by atoms with Gasteiger partial charge in [0.1, 0.15) is 11.6 Å². The molecule has 0 spiro atoms. The first kappa shape index (κ1) is 13.7. The summed E-state index contributed by atoms with van der Waals surface area (Å²) >= 11 is 0. The average molecular weight is 261 g/mol. The number of benzene rings is 2. The molecular weight excluding hydrogens is 244 g/mol. The molecular formula is C16H17F2N. The summed E-state index contributed by atoms with van der Waals surface area (Å²) in [7, 11) is 1.75. The molecule has 0 aliphatic carbocycles. The Hall–Kier alpha value is -1.74. The fourth-order valence-corrected chi connectivity index (χ4v) is 2.34. The maximum absolute atomic E-state index is 14.1. The minimum absolute atomic E-state index is 0.264. The molecule has 0 atom stereocenters. The van der Waals surface area contributed by atoms with E-state index in [-0.39, 0.29) is 11.6 Å². The Kier molecular flexibility index (Phi) is 3.96. The van der Waals surface area contributed by atoms with Crippen LogP contribution in [-0.4, -0.2) is 7.05 Å². The van der Waals surface area contributed by atoms with Crippen molar-refractivity contribution in [2.24, 2.45) is 0 Å². The number of rotatable bonds is 3. The van der Waals surface area contributed by atoms with Gasteiger partial charge in [-0.25, -0.2) is 8.78 Å². The second kappa shape index (κ2) is 5.49. The van der Waals surface area contributed by atoms with Gasteiger partial charge in [-0.1, -0.05) is 12.1 Å². The normalized spacial score (nSPS) is 10.8. The van der Waals surface area contributed by atoms with Crippen molar-refractivity contribution in [1.29, 1.82) is 0 Å². The first-order valence-corrected chi connectivity index (χ1v) is 6.23. The highest BCUT2D eigenvalue weighted by molar-refractivity contribution is 5.69. The predicted octanol–water partition coefficient (Wildman–Crippen LogP) is 3.97. The molecule has 0 fully saturated rings. The molecule has 2 rings (SSSR count). The molecule has 2 aromatic carbocycles. The zero-order chi connectivity index (χ0) is 14.0. The van der Waals surface area contributed by atoms with Crippen LogP contribution in [-0.2, 0) is 6.54 Å². The monoisotopic (exact) mass is 261 g/mol. The number of halogens is 2. The first-order chi connectivity index (χ1) is 9.02. The Bertz CT molecular complexity index is 583. The summed E-state index contributed by atoms with van der Waals surface area (Å²) in [6, 6.07) is 8.14. The summed E-state index contributed by atoms with van der Waals surface area (Å²) in [5.74, 6) is -0.539. The van der Waals surface area contributed by atoms with E-state index < -0.39 is 0 Å². The summed E-state index contributed by atoms with van der Waals surface area (Å²) < 4.78 is 27.7. The Morgan fingerprint density at radius 2 is 1.74 bits per heavy atom. The van der Waals surface area contributed by atoms with E-state index in [1.165, 1.54) is 12.1 Å². The van der Waals surface area contributed by atoms with Gasteiger partial charge < -0.3 is 5.32 Å². The smallest absolute Gasteiger partial charge is 0.131 e. The molecule has 0 aliphatic rings. The average Bonchev–Trinajstić information content (AvgIpc) is 2.32. The lowest BCUT2D eigenvalue weighted by Crippen LogP contribution is -2.07. The Balaban J connectivity index is 2.56. The van der Waals surface area contributed by atoms with Gasteiger partial charge in [-0.2, -0.15) is 0 Å². The van der Waals surface area contributed by atoms with Crippen molar-refractivity contribution in [2.45, 2.75) is 20.4 Å². The standard InChI is InChI=1S/C16H17F2N/c1-10-6-11(2)16(15(18)7-10)12-4-5-14(17)13(8-12)9-19-3/h4-8,19H,9H2,1-3H3. The SMILES string of the molecule is CNCc1cc(-c2c(C)cc(C)cc2F)ccc1F. The van der Waals surface area contributed by atoms with Gasteiger partial charge in [0.2, 0.25) is 0 Å². The highest BCUT2D eigenvalue weighted by Gasteiger charge is 2.11. The van der Waals surface area contributed by atoms with Crippen LogP contribution >= 0.6 is 0 Å². The molecule has 19 heavy (non-hydrogen) atoms. The van der Waals surface area contributed by atoms with Gasteiger partial charge >= 0.3 is 0 Å². The molecule has 0 bridgehead atoms. The maximum Gasteiger partial charge on any atom is 0.131 e. The van der Waals surface area contributed by atoms with E-state index >= 15 is 0 Å². The molecule has 100 valence electrons. The van der Waals surface area contributed by atoms with Crippen molar-refractivity contribution in [3.8, 4) is 11.1 Å². The molecule has 0 aliphatic heterocycles. The summed E-state index contributed by atoms with van der Waals surface area (Å²) in [4.78, 5) is 0. The van der Waals surface area contributed by atoms with Gasteiger partial charge in [-0.3, -0.25) is 0 Å². The molecule has 0 saturated heterocycles. The van der Waals surface area contributed by atoms with Gasteiger partial charge in [-0.15, -0.1) is 0 Å². The molecule has 1 N–H and O–H groups in total. The van der Waals surface area contributed by atoms with Gasteiger partial charge in [0.15, 0.2) is 0 Å². The van der Waals surface area contributed by atoms with E-state index in [0.29, 0.717) is 23.2 Å². The Morgan fingerprint density at radius 1 is 1.00 bits per heavy atom. The molecule has 0 amide bonds. The Morgan fingerprint density at radius 3 is 2.37 bits per heavy atom. The topological polar surface area (TPSA) is 12.0 Å². The summed E-state index contributed by atoms with van der Waals surface area (Å²) in [6.45, 7) is 4.15. The molecule has 0 aromatic heterocycles. The summed E-state index contributed by atoms with van der Waals surface area (Å²) in [5, 5.41) is 2.91. The lowest BCUT2D eigenvalue weighted by atomic mass is 9.96. The second-order valence-electron chi connectivity index (χ2n) is 4.78. The zero-order valence-electron chi connectivity index (χ0n) is 11.3. The van der Waals surface area contributed by atoms with Crippen LogP contribution in [0, 0.1) is 25.5 Å². The lowest BCUT2D eigenvalue weighted by molar-refractivity contribution is 0.600. The summed E-state index contributed by atoms with van der Waals surface area (Å²) in [6.07, 6.45) is 0. The molecule has 1 nitrogen and oxygen atoms in total. The number of nitrogens with one attached hydrogen (secondary N) is 1. The van der Waals surface area contributed by atoms with Crippen LogP contribution in [0.1, 0.15) is 16.7 Å². The molecule has 0 saturated carbocycles. The van der Waals surface area contributed by atoms with Crippen molar-refractivity contribution < 1.29 is 8.78 Å². The van der Waals surface area contributed by atoms with Crippen molar-refractivity contribution >= 4 is 0 Å². The van der Waals surface area contributed by atoms with Crippen molar-refractivity contribution in [3.63, 3.8) is 0 Å². The summed E-state index contributed by atoms with van der Waals surface area (Å²) in [5.41, 5.74) is 3.54. The quantitative estimate of drug-likeness (QED) is 0.881. The van der Waals surface area contributed by atoms with Crippen LogP contribution in [0.3, 0.4) is 0 Å². The minimum Gasteiger partial charge on any atom is -0.316 e. The van der Waals surface area contributed by atoms with Crippen molar-refractivity contribution in [3.05, 3.63) is 58.7 Å². The van der Waals surface area contributed by atoms with E-state index in [1.54, 1.807) is 19.2 Å². The predicted molar refractivity (Wildman–Crippen MR) is 74.0 cm³/mol. The molecule has 2 aromatic rings. The molecule has 0 unspecified atom stereocenters. The van der Waals surface area contributed by atoms with E-state index in [0.717, 1.165) is 11.1 Å². The third-order valence-electron chi connectivity index (χ3n) is 3.13. The van der Waals surface area contributed by atoms with Gasteiger partial charge in [-0.05, 0) is 55.8 Å². The van der Waals surface area contributed by atoms with Crippen LogP contribution in [0.2, 0.25) is 0 Å². The van der Waals surface area contributed by atoms with Crippen LogP contribution in [0.4, 0.5) is 8.78 Å². The van der Waals surface area contributed by atoms with Crippen LogP contribution < -0.4 is 5.32 Å². The zero-order valence-corrected chi connectivity index (χ0v) is 11.3. The lowest BCUT2D eigenvalue weighted by Gasteiger charge is -2.11. The van der Waals surface area contributed by atoms with Crippen LogP contribution in [0.25, 0.3) is 11.1 Å². The van der Waals surface area contributed by atoms with Gasteiger partial charge in [0.05, 0.1) is 0 Å². The molecule has 0 radical (unpaired) electrons. The minimum atomic E-state index is -0.275. The van der Waals surface area contributed by atoms with Crippen molar-refractivity contribution in [1.82, 2.24) is 5.32 Å². The van der Waals surface area contributed by atoms with Gasteiger partial charge in [0.25, 0.3) is 0 Å². The molecule has 3 heteroatoms. The number of aryl methyl sites for hydroxylation is 2. The van der Waals surface area contributed by atoms with E-state index in [1.807, 2.05) is 19.9 Å². The second-order valence-corrected chi connectivity index (χ2v) is 4.78. The number of hydrogen-bond acceptors (Lipinski definition) is 1. The number of hydrogen-bond donors (Lipinski definition) is 1. The van der Waals surface area contributed by atoms with E-state index in [2.05, 4.69) is 5.32 Å². The fourth-order valence-electron chi connectivity index (χ4n) is 2.34. The van der Waals surface area contributed by atoms with E-state index in [4.69, 9.17) is 0 Å².